The maximum atomic E-state index is 14.8. The number of amides is 7. The Morgan fingerprint density at radius 3 is 1.75 bits per heavy atom. The molecule has 0 aliphatic carbocycles. The van der Waals surface area contributed by atoms with Crippen molar-refractivity contribution >= 4 is 53.3 Å². The topological polar surface area (TPSA) is 212 Å². The van der Waals surface area contributed by atoms with Gasteiger partial charge in [-0.2, -0.15) is 0 Å². The van der Waals surface area contributed by atoms with Crippen LogP contribution in [0.3, 0.4) is 0 Å². The molecule has 7 amide bonds. The van der Waals surface area contributed by atoms with Crippen LogP contribution in [0.1, 0.15) is 140 Å². The van der Waals surface area contributed by atoms with Crippen molar-refractivity contribution < 1.29 is 52.6 Å². The number of carbonyl (C=O) groups excluding carboxylic acids is 9. The Hall–Kier alpha value is -5.55. The highest BCUT2D eigenvalue weighted by atomic mass is 16.6. The average Bonchev–Trinajstić information content (AvgIpc) is 4.06. The van der Waals surface area contributed by atoms with E-state index < -0.39 is 131 Å². The second-order valence-corrected chi connectivity index (χ2v) is 21.6. The van der Waals surface area contributed by atoms with Crippen LogP contribution in [0, 0.1) is 23.2 Å². The number of nitrogens with zero attached hydrogens (tertiary/aromatic N) is 5. The van der Waals surface area contributed by atoms with E-state index in [-0.39, 0.29) is 19.5 Å². The maximum absolute atomic E-state index is 14.8. The molecule has 1 aromatic rings. The van der Waals surface area contributed by atoms with Gasteiger partial charge in [-0.1, -0.05) is 98.1 Å². The molecule has 0 aromatic heterocycles. The van der Waals surface area contributed by atoms with E-state index in [0.717, 1.165) is 12.8 Å². The monoisotopic (exact) mass is 1010 g/mol. The van der Waals surface area contributed by atoms with Gasteiger partial charge in [-0.25, -0.2) is 9.59 Å². The minimum absolute atomic E-state index is 0.0251. The average molecular weight is 1010 g/mol. The van der Waals surface area contributed by atoms with Crippen molar-refractivity contribution in [2.45, 2.75) is 195 Å². The number of likely N-dealkylation sites (N-methyl/N-ethyl adjacent to an activating group) is 3. The molecule has 1 aromatic carbocycles. The number of esters is 2. The summed E-state index contributed by atoms with van der Waals surface area (Å²) in [5, 5.41) is 5.84. The van der Waals surface area contributed by atoms with Crippen molar-refractivity contribution in [2.75, 3.05) is 34.2 Å². The molecule has 0 saturated carbocycles. The molecule has 2 N–H and O–H groups in total. The van der Waals surface area contributed by atoms with Crippen LogP contribution in [0.2, 0.25) is 0 Å². The normalized spacial score (nSPS) is 28.9. The van der Waals surface area contributed by atoms with E-state index >= 15 is 0 Å². The number of carbonyl (C=O) groups is 9. The number of fused-ring (bicyclic) bond motifs is 2. The van der Waals surface area contributed by atoms with Crippen molar-refractivity contribution in [3.63, 3.8) is 0 Å². The van der Waals surface area contributed by atoms with Gasteiger partial charge in [0.15, 0.2) is 6.10 Å². The Kier molecular flexibility index (Phi) is 21.2. The SMILES string of the molecule is CCCCCC1OC(=O)C(C(C)C)NC(=O)C2CCCN2C(=O)C2CCCN2C(=O)C(Cc2ccccc2)OC(=O)C(C(C)C)N(C)C(=O)C(C)N(C)C(=O)C(C)N(C)C(=O)C(C(C)CC)NC(=O)C1(C)C. The first-order valence-corrected chi connectivity index (χ1v) is 26.3. The van der Waals surface area contributed by atoms with Crippen LogP contribution < -0.4 is 10.6 Å². The second kappa shape index (κ2) is 25.9. The third kappa shape index (κ3) is 13.7. The predicted molar refractivity (Wildman–Crippen MR) is 271 cm³/mol. The Balaban J connectivity index is 1.82. The molecule has 3 fully saturated rings. The highest BCUT2D eigenvalue weighted by molar-refractivity contribution is 5.97. The Morgan fingerprint density at radius 2 is 1.19 bits per heavy atom. The second-order valence-electron chi connectivity index (χ2n) is 21.6. The molecule has 402 valence electrons. The van der Waals surface area contributed by atoms with E-state index in [1.807, 2.05) is 26.8 Å². The first-order chi connectivity index (χ1) is 33.8. The molecule has 10 atom stereocenters. The first-order valence-electron chi connectivity index (χ1n) is 26.3. The molecule has 10 unspecified atom stereocenters. The van der Waals surface area contributed by atoms with Crippen molar-refractivity contribution in [1.82, 2.24) is 35.1 Å². The number of hydrogen-bond acceptors (Lipinski definition) is 11. The molecular formula is C54H85N7O11. The fourth-order valence-electron chi connectivity index (χ4n) is 9.98. The first kappa shape index (κ1) is 59.0. The zero-order chi connectivity index (χ0) is 53.9. The minimum atomic E-state index is -1.39. The summed E-state index contributed by atoms with van der Waals surface area (Å²) < 4.78 is 12.4. The highest BCUT2D eigenvalue weighted by Gasteiger charge is 2.48. The van der Waals surface area contributed by atoms with Crippen LogP contribution in [0.4, 0.5) is 0 Å². The maximum Gasteiger partial charge on any atom is 0.329 e. The van der Waals surface area contributed by atoms with Gasteiger partial charge in [-0.15, -0.1) is 0 Å². The van der Waals surface area contributed by atoms with Gasteiger partial charge in [0.25, 0.3) is 5.91 Å². The summed E-state index contributed by atoms with van der Waals surface area (Å²) in [5.74, 6) is -6.84. The van der Waals surface area contributed by atoms with E-state index in [1.165, 1.54) is 59.5 Å². The lowest BCUT2D eigenvalue weighted by molar-refractivity contribution is -0.169. The summed E-state index contributed by atoms with van der Waals surface area (Å²) in [6.45, 7) is 19.5. The molecule has 3 heterocycles. The summed E-state index contributed by atoms with van der Waals surface area (Å²) in [6.07, 6.45) is 2.27. The fraction of sp³-hybridized carbons (Fsp3) is 0.722. The lowest BCUT2D eigenvalue weighted by Crippen LogP contribution is -2.60. The number of benzene rings is 1. The Morgan fingerprint density at radius 1 is 0.639 bits per heavy atom. The van der Waals surface area contributed by atoms with Gasteiger partial charge in [0.05, 0.1) is 5.41 Å². The van der Waals surface area contributed by atoms with Crippen LogP contribution in [-0.4, -0.2) is 167 Å². The molecule has 3 aliphatic rings. The molecule has 3 saturated heterocycles. The van der Waals surface area contributed by atoms with Crippen LogP contribution in [-0.2, 0) is 59.0 Å². The third-order valence-electron chi connectivity index (χ3n) is 15.4. The van der Waals surface area contributed by atoms with Gasteiger partial charge in [-0.05, 0) is 89.5 Å². The molecular weight excluding hydrogens is 923 g/mol. The van der Waals surface area contributed by atoms with Crippen molar-refractivity contribution in [2.24, 2.45) is 23.2 Å². The number of rotatable bonds is 10. The number of nitrogens with one attached hydrogen (secondary N) is 2. The molecule has 72 heavy (non-hydrogen) atoms. The summed E-state index contributed by atoms with van der Waals surface area (Å²) in [5.41, 5.74) is -0.692. The van der Waals surface area contributed by atoms with Crippen LogP contribution in [0.15, 0.2) is 30.3 Å². The third-order valence-corrected chi connectivity index (χ3v) is 15.4. The summed E-state index contributed by atoms with van der Waals surface area (Å²) >= 11 is 0. The summed E-state index contributed by atoms with van der Waals surface area (Å²) in [6, 6.07) is 1.40. The van der Waals surface area contributed by atoms with Gasteiger partial charge < -0.3 is 44.6 Å². The zero-order valence-corrected chi connectivity index (χ0v) is 45.5. The predicted octanol–water partition coefficient (Wildman–Crippen LogP) is 4.50. The fourth-order valence-corrected chi connectivity index (χ4v) is 9.98. The Labute approximate surface area is 428 Å². The molecule has 18 nitrogen and oxygen atoms in total. The van der Waals surface area contributed by atoms with Crippen LogP contribution >= 0.6 is 0 Å². The standard InChI is InChI=1S/C54H85N7O11/c1-15-17-19-28-41-54(10,11)53(70)56-43(34(7)16-2)50(67)58(13)35(8)46(63)57(12)36(9)47(64)59(14)44(33(5)6)52(69)71-40(31-37-24-20-18-21-25-37)49(66)61-30-23-27-39(61)48(65)60-29-22-26-38(60)45(62)55-42(32(3)4)51(68)72-41/h18,20-21,24-25,32-36,38-44H,15-17,19,22-23,26-31H2,1-14H3,(H,55,62)(H,56,70). The lowest BCUT2D eigenvalue weighted by atomic mass is 9.81. The quantitative estimate of drug-likeness (QED) is 0.246. The van der Waals surface area contributed by atoms with Gasteiger partial charge in [0, 0.05) is 40.7 Å². The van der Waals surface area contributed by atoms with Crippen molar-refractivity contribution in [3.8, 4) is 0 Å². The lowest BCUT2D eigenvalue weighted by Gasteiger charge is -2.38. The number of unbranched alkanes of at least 4 members (excludes halogenated alkanes) is 2. The minimum Gasteiger partial charge on any atom is -0.460 e. The zero-order valence-electron chi connectivity index (χ0n) is 45.5. The molecule has 0 bridgehead atoms. The van der Waals surface area contributed by atoms with E-state index in [9.17, 15) is 43.2 Å². The molecule has 0 radical (unpaired) electrons. The summed E-state index contributed by atoms with van der Waals surface area (Å²) in [7, 11) is 4.34. The van der Waals surface area contributed by atoms with E-state index in [0.29, 0.717) is 50.5 Å². The molecule has 3 aliphatic heterocycles. The van der Waals surface area contributed by atoms with E-state index in [1.54, 1.807) is 65.8 Å². The Bertz CT molecular complexity index is 2100. The van der Waals surface area contributed by atoms with Gasteiger partial charge in [0.1, 0.15) is 48.4 Å². The van der Waals surface area contributed by atoms with Crippen molar-refractivity contribution in [3.05, 3.63) is 35.9 Å². The van der Waals surface area contributed by atoms with E-state index in [2.05, 4.69) is 10.6 Å². The van der Waals surface area contributed by atoms with Gasteiger partial charge in [-0.3, -0.25) is 33.6 Å². The van der Waals surface area contributed by atoms with E-state index in [4.69, 9.17) is 9.47 Å². The highest BCUT2D eigenvalue weighted by Crippen LogP contribution is 2.32. The van der Waals surface area contributed by atoms with Gasteiger partial charge in [0.2, 0.25) is 35.4 Å². The number of cyclic esters (lactones) is 2. The molecule has 4 rings (SSSR count). The number of ether oxygens (including phenoxy) is 2. The smallest absolute Gasteiger partial charge is 0.329 e. The largest absolute Gasteiger partial charge is 0.460 e. The molecule has 18 heteroatoms. The van der Waals surface area contributed by atoms with Crippen LogP contribution in [0.25, 0.3) is 0 Å². The summed E-state index contributed by atoms with van der Waals surface area (Å²) in [4.78, 5) is 137. The van der Waals surface area contributed by atoms with Gasteiger partial charge >= 0.3 is 11.9 Å². The number of hydrogen-bond donors (Lipinski definition) is 2. The van der Waals surface area contributed by atoms with Crippen molar-refractivity contribution in [1.29, 1.82) is 0 Å². The molecule has 0 spiro atoms. The van der Waals surface area contributed by atoms with Crippen LogP contribution in [0.5, 0.6) is 0 Å².